The van der Waals surface area contributed by atoms with Crippen LogP contribution in [0.3, 0.4) is 0 Å². The second-order valence-electron chi connectivity index (χ2n) is 7.65. The highest BCUT2D eigenvalue weighted by Gasteiger charge is 2.28. The van der Waals surface area contributed by atoms with E-state index in [0.29, 0.717) is 18.2 Å². The molecule has 0 fully saturated rings. The number of rotatable bonds is 8. The number of nitrogens with one attached hydrogen (secondary N) is 1. The molecule has 1 N–H and O–H groups in total. The van der Waals surface area contributed by atoms with Crippen LogP contribution in [0.5, 0.6) is 0 Å². The number of hydrogen-bond donors (Lipinski definition) is 1. The number of carbonyl (C=O) groups excluding carboxylic acids is 1. The second-order valence-corrected chi connectivity index (χ2v) is 9.51. The van der Waals surface area contributed by atoms with E-state index in [1.807, 2.05) is 32.9 Å². The Morgan fingerprint density at radius 3 is 2.18 bits per heavy atom. The topological polar surface area (TPSA) is 66.5 Å². The maximum atomic E-state index is 13.3. The lowest BCUT2D eigenvalue weighted by molar-refractivity contribution is -0.119. The van der Waals surface area contributed by atoms with E-state index >= 15 is 0 Å². The van der Waals surface area contributed by atoms with Gasteiger partial charge in [0, 0.05) is 6.54 Å². The number of aryl methyl sites for hydroxylation is 3. The Balaban J connectivity index is 2.38. The lowest BCUT2D eigenvalue weighted by Crippen LogP contribution is -2.41. The van der Waals surface area contributed by atoms with E-state index < -0.39 is 10.0 Å². The van der Waals surface area contributed by atoms with Gasteiger partial charge >= 0.3 is 0 Å². The second kappa shape index (κ2) is 9.24. The van der Waals surface area contributed by atoms with Gasteiger partial charge < -0.3 is 5.32 Å². The summed E-state index contributed by atoms with van der Waals surface area (Å²) in [5, 5.41) is 2.83. The molecule has 2 aromatic carbocycles. The largest absolute Gasteiger partial charge is 0.355 e. The maximum absolute atomic E-state index is 13.3. The molecule has 0 saturated carbocycles. The summed E-state index contributed by atoms with van der Waals surface area (Å²) >= 11 is 0. The van der Waals surface area contributed by atoms with Gasteiger partial charge in [-0.2, -0.15) is 0 Å². The predicted molar refractivity (Wildman–Crippen MR) is 114 cm³/mol. The molecule has 0 aromatic heterocycles. The quantitative estimate of drug-likeness (QED) is 0.726. The first-order valence-electron chi connectivity index (χ1n) is 9.54. The number of sulfonamides is 1. The number of amides is 1. The van der Waals surface area contributed by atoms with Crippen LogP contribution >= 0.6 is 0 Å². The van der Waals surface area contributed by atoms with Crippen LogP contribution in [0, 0.1) is 26.7 Å². The van der Waals surface area contributed by atoms with Crippen LogP contribution in [0.4, 0.5) is 5.69 Å². The molecular weight excluding hydrogens is 372 g/mol. The predicted octanol–water partition coefficient (Wildman–Crippen LogP) is 3.97. The van der Waals surface area contributed by atoms with Crippen LogP contribution in [-0.4, -0.2) is 27.4 Å². The Kier molecular flexibility index (Phi) is 7.24. The monoisotopic (exact) mass is 402 g/mol. The van der Waals surface area contributed by atoms with Crippen molar-refractivity contribution in [2.75, 3.05) is 17.4 Å². The molecule has 2 aromatic rings. The van der Waals surface area contributed by atoms with Crippen molar-refractivity contribution in [1.82, 2.24) is 5.32 Å². The zero-order chi connectivity index (χ0) is 20.9. The van der Waals surface area contributed by atoms with Crippen molar-refractivity contribution in [3.8, 4) is 0 Å². The highest BCUT2D eigenvalue weighted by Crippen LogP contribution is 2.27. The molecule has 1 amide bonds. The van der Waals surface area contributed by atoms with Crippen molar-refractivity contribution >= 4 is 21.6 Å². The molecule has 0 unspecified atom stereocenters. The average Bonchev–Trinajstić information content (AvgIpc) is 2.60. The van der Waals surface area contributed by atoms with Gasteiger partial charge in [-0.1, -0.05) is 49.2 Å². The lowest BCUT2D eigenvalue weighted by Gasteiger charge is -2.26. The number of nitrogens with zero attached hydrogens (tertiary/aromatic N) is 1. The summed E-state index contributed by atoms with van der Waals surface area (Å²) in [6, 6.07) is 12.2. The summed E-state index contributed by atoms with van der Waals surface area (Å²) in [6.45, 7) is 10.2. The van der Waals surface area contributed by atoms with Gasteiger partial charge in [-0.3, -0.25) is 9.10 Å². The summed E-state index contributed by atoms with van der Waals surface area (Å²) in [7, 11) is -3.87. The Morgan fingerprint density at radius 1 is 1.00 bits per heavy atom. The highest BCUT2D eigenvalue weighted by atomic mass is 32.2. The molecular formula is C22H30N2O3S. The Bertz CT molecular complexity index is 919. The van der Waals surface area contributed by atoms with E-state index in [4.69, 9.17) is 0 Å². The number of benzene rings is 2. The van der Waals surface area contributed by atoms with Crippen molar-refractivity contribution in [2.24, 2.45) is 5.92 Å². The first kappa shape index (κ1) is 22.0. The Morgan fingerprint density at radius 2 is 1.61 bits per heavy atom. The molecule has 5 nitrogen and oxygen atoms in total. The Labute approximate surface area is 168 Å². The maximum Gasteiger partial charge on any atom is 0.264 e. The molecule has 0 atom stereocenters. The molecule has 0 aliphatic heterocycles. The van der Waals surface area contributed by atoms with E-state index in [0.717, 1.165) is 23.1 Å². The fourth-order valence-corrected chi connectivity index (χ4v) is 4.39. The molecule has 0 aliphatic rings. The van der Waals surface area contributed by atoms with Crippen molar-refractivity contribution in [1.29, 1.82) is 0 Å². The standard InChI is InChI=1S/C22H30N2O3S/c1-16(2)12-13-23-22(25)15-24(21-11-8-18(4)14-19(21)5)28(26,27)20-9-6-17(3)7-10-20/h6-11,14,16H,12-13,15H2,1-5H3,(H,23,25). The van der Waals surface area contributed by atoms with Gasteiger partial charge in [0.2, 0.25) is 5.91 Å². The van der Waals surface area contributed by atoms with Crippen LogP contribution in [0.1, 0.15) is 37.0 Å². The first-order valence-corrected chi connectivity index (χ1v) is 11.0. The number of anilines is 1. The third-order valence-electron chi connectivity index (χ3n) is 4.56. The van der Waals surface area contributed by atoms with Gasteiger partial charge in [-0.05, 0) is 56.9 Å². The molecule has 0 spiro atoms. The fourth-order valence-electron chi connectivity index (χ4n) is 2.91. The molecule has 6 heteroatoms. The van der Waals surface area contributed by atoms with Gasteiger partial charge in [-0.25, -0.2) is 8.42 Å². The van der Waals surface area contributed by atoms with E-state index in [-0.39, 0.29) is 17.3 Å². The van der Waals surface area contributed by atoms with Crippen LogP contribution < -0.4 is 9.62 Å². The van der Waals surface area contributed by atoms with Gasteiger partial charge in [-0.15, -0.1) is 0 Å². The summed E-state index contributed by atoms with van der Waals surface area (Å²) in [5.41, 5.74) is 3.34. The van der Waals surface area contributed by atoms with Crippen LogP contribution in [0.2, 0.25) is 0 Å². The molecule has 0 bridgehead atoms. The minimum Gasteiger partial charge on any atom is -0.355 e. The average molecular weight is 403 g/mol. The summed E-state index contributed by atoms with van der Waals surface area (Å²) in [5.74, 6) is 0.156. The fraction of sp³-hybridized carbons (Fsp3) is 0.409. The van der Waals surface area contributed by atoms with Crippen molar-refractivity contribution < 1.29 is 13.2 Å². The molecule has 0 heterocycles. The summed E-state index contributed by atoms with van der Waals surface area (Å²) < 4.78 is 27.9. The highest BCUT2D eigenvalue weighted by molar-refractivity contribution is 7.92. The molecule has 0 radical (unpaired) electrons. The number of hydrogen-bond acceptors (Lipinski definition) is 3. The lowest BCUT2D eigenvalue weighted by atomic mass is 10.1. The van der Waals surface area contributed by atoms with Gasteiger partial charge in [0.15, 0.2) is 0 Å². The normalized spacial score (nSPS) is 11.5. The SMILES string of the molecule is Cc1ccc(S(=O)(=O)N(CC(=O)NCCC(C)C)c2ccc(C)cc2C)cc1. The van der Waals surface area contributed by atoms with Gasteiger partial charge in [0.05, 0.1) is 10.6 Å². The summed E-state index contributed by atoms with van der Waals surface area (Å²) in [4.78, 5) is 12.7. The zero-order valence-corrected chi connectivity index (χ0v) is 18.1. The van der Waals surface area contributed by atoms with Crippen LogP contribution in [-0.2, 0) is 14.8 Å². The minimum atomic E-state index is -3.87. The van der Waals surface area contributed by atoms with Crippen LogP contribution in [0.15, 0.2) is 47.4 Å². The third kappa shape index (κ3) is 5.58. The smallest absolute Gasteiger partial charge is 0.264 e. The van der Waals surface area contributed by atoms with E-state index in [1.165, 1.54) is 4.31 Å². The molecule has 152 valence electrons. The zero-order valence-electron chi connectivity index (χ0n) is 17.3. The van der Waals surface area contributed by atoms with Gasteiger partial charge in [0.25, 0.3) is 10.0 Å². The molecule has 2 rings (SSSR count). The van der Waals surface area contributed by atoms with Gasteiger partial charge in [0.1, 0.15) is 6.54 Å². The third-order valence-corrected chi connectivity index (χ3v) is 6.33. The van der Waals surface area contributed by atoms with E-state index in [2.05, 4.69) is 19.2 Å². The number of carbonyl (C=O) groups is 1. The van der Waals surface area contributed by atoms with Crippen LogP contribution in [0.25, 0.3) is 0 Å². The van der Waals surface area contributed by atoms with E-state index in [9.17, 15) is 13.2 Å². The first-order chi connectivity index (χ1) is 13.1. The van der Waals surface area contributed by atoms with Crippen molar-refractivity contribution in [3.63, 3.8) is 0 Å². The molecule has 0 saturated heterocycles. The van der Waals surface area contributed by atoms with E-state index in [1.54, 1.807) is 30.3 Å². The molecule has 0 aliphatic carbocycles. The van der Waals surface area contributed by atoms with Crippen molar-refractivity contribution in [3.05, 3.63) is 59.2 Å². The minimum absolute atomic E-state index is 0.174. The summed E-state index contributed by atoms with van der Waals surface area (Å²) in [6.07, 6.45) is 0.847. The Hall–Kier alpha value is -2.34. The van der Waals surface area contributed by atoms with Crippen molar-refractivity contribution in [2.45, 2.75) is 45.9 Å². The molecule has 28 heavy (non-hydrogen) atoms.